The molecule has 0 heterocycles. The summed E-state index contributed by atoms with van der Waals surface area (Å²) < 4.78 is 25.0. The first-order valence-electron chi connectivity index (χ1n) is 17.4. The van der Waals surface area contributed by atoms with Gasteiger partial charge in [-0.2, -0.15) is 0 Å². The molecule has 260 valence electrons. The first-order valence-corrected chi connectivity index (χ1v) is 18.2. The minimum Gasteiger partial charge on any atom is -0.488 e. The Labute approximate surface area is 295 Å². The monoisotopic (exact) mass is 682 g/mol. The predicted molar refractivity (Wildman–Crippen MR) is 201 cm³/mol. The lowest BCUT2D eigenvalue weighted by Gasteiger charge is -2.23. The van der Waals surface area contributed by atoms with Crippen LogP contribution in [0.5, 0.6) is 11.5 Å². The Hall–Kier alpha value is -4.23. The lowest BCUT2D eigenvalue weighted by atomic mass is 10.0. The van der Waals surface area contributed by atoms with E-state index in [0.717, 1.165) is 69.9 Å². The van der Waals surface area contributed by atoms with E-state index in [1.807, 2.05) is 42.5 Å². The summed E-state index contributed by atoms with van der Waals surface area (Å²) in [6.07, 6.45) is 6.62. The van der Waals surface area contributed by atoms with E-state index in [-0.39, 0.29) is 13.2 Å². The fourth-order valence-corrected chi connectivity index (χ4v) is 6.41. The van der Waals surface area contributed by atoms with Crippen molar-refractivity contribution in [3.8, 4) is 11.5 Å². The van der Waals surface area contributed by atoms with Crippen LogP contribution in [0.25, 0.3) is 21.5 Å². The van der Waals surface area contributed by atoms with E-state index < -0.39 is 24.1 Å². The van der Waals surface area contributed by atoms with Crippen molar-refractivity contribution in [2.45, 2.75) is 101 Å². The summed E-state index contributed by atoms with van der Waals surface area (Å²) in [6.45, 7) is 15.6. The number of hydrogen-bond donors (Lipinski definition) is 0. The third kappa shape index (κ3) is 10.9. The molecule has 49 heavy (non-hydrogen) atoms. The van der Waals surface area contributed by atoms with Crippen molar-refractivity contribution in [1.29, 1.82) is 0 Å². The van der Waals surface area contributed by atoms with Gasteiger partial charge in [-0.15, -0.1) is 0 Å². The minimum absolute atomic E-state index is 0.203. The van der Waals surface area contributed by atoms with Crippen molar-refractivity contribution in [2.75, 3.05) is 13.2 Å². The van der Waals surface area contributed by atoms with Gasteiger partial charge in [0.1, 0.15) is 36.9 Å². The van der Waals surface area contributed by atoms with Gasteiger partial charge in [0, 0.05) is 42.5 Å². The Bertz CT molecular complexity index is 1730. The van der Waals surface area contributed by atoms with Crippen LogP contribution in [-0.2, 0) is 19.1 Å². The van der Waals surface area contributed by atoms with Crippen molar-refractivity contribution >= 4 is 45.2 Å². The fourth-order valence-electron chi connectivity index (χ4n) is 5.53. The molecule has 0 aliphatic rings. The fraction of sp³-hybridized carbons (Fsp3) is 0.381. The minimum atomic E-state index is -0.422. The molecule has 4 rings (SSSR count). The molecule has 0 aromatic heterocycles. The van der Waals surface area contributed by atoms with Crippen LogP contribution in [0.15, 0.2) is 107 Å². The summed E-state index contributed by atoms with van der Waals surface area (Å²) >= 11 is 1.67. The van der Waals surface area contributed by atoms with Crippen molar-refractivity contribution in [3.05, 3.63) is 97.1 Å². The number of unbranched alkanes of at least 4 members (excludes halogenated alkanes) is 4. The number of fused-ring (bicyclic) bond motifs is 2. The van der Waals surface area contributed by atoms with Crippen LogP contribution in [0.4, 0.5) is 0 Å². The zero-order valence-corrected chi connectivity index (χ0v) is 30.2. The number of ether oxygens (including phenoxy) is 4. The predicted octanol–water partition coefficient (Wildman–Crippen LogP) is 11.0. The van der Waals surface area contributed by atoms with Crippen LogP contribution in [-0.4, -0.2) is 37.4 Å². The van der Waals surface area contributed by atoms with Crippen LogP contribution in [0, 0.1) is 0 Å². The zero-order valence-electron chi connectivity index (χ0n) is 29.4. The molecule has 0 N–H and O–H groups in total. The molecule has 4 aromatic rings. The highest BCUT2D eigenvalue weighted by Crippen LogP contribution is 2.45. The molecule has 0 aliphatic carbocycles. The summed E-state index contributed by atoms with van der Waals surface area (Å²) in [7, 11) is 0. The Kier molecular flexibility index (Phi) is 14.6. The molecule has 0 fully saturated rings. The molecule has 0 spiro atoms. The zero-order chi connectivity index (χ0) is 35.2. The van der Waals surface area contributed by atoms with Gasteiger partial charge in [-0.3, -0.25) is 0 Å². The molecular weight excluding hydrogens is 633 g/mol. The second-order valence-corrected chi connectivity index (χ2v) is 13.7. The molecule has 0 amide bonds. The largest absolute Gasteiger partial charge is 0.488 e. The van der Waals surface area contributed by atoms with Crippen LogP contribution in [0.3, 0.4) is 0 Å². The molecule has 0 bridgehead atoms. The smallest absolute Gasteiger partial charge is 0.333 e. The van der Waals surface area contributed by atoms with Crippen LogP contribution >= 0.6 is 11.8 Å². The molecule has 0 radical (unpaired) electrons. The highest BCUT2D eigenvalue weighted by molar-refractivity contribution is 7.99. The van der Waals surface area contributed by atoms with E-state index in [4.69, 9.17) is 18.9 Å². The highest BCUT2D eigenvalue weighted by atomic mass is 32.2. The molecule has 0 saturated heterocycles. The quantitative estimate of drug-likeness (QED) is 0.0397. The lowest BCUT2D eigenvalue weighted by Crippen LogP contribution is -2.26. The van der Waals surface area contributed by atoms with Crippen molar-refractivity contribution in [2.24, 2.45) is 0 Å². The summed E-state index contributed by atoms with van der Waals surface area (Å²) in [5, 5.41) is 3.53. The van der Waals surface area contributed by atoms with E-state index in [1.54, 1.807) is 25.6 Å². The van der Waals surface area contributed by atoms with Gasteiger partial charge in [-0.25, -0.2) is 9.59 Å². The van der Waals surface area contributed by atoms with E-state index in [1.165, 1.54) is 0 Å². The Balaban J connectivity index is 1.77. The number of carbonyl (C=O) groups is 2. The molecule has 0 saturated carbocycles. The maximum absolute atomic E-state index is 12.6. The van der Waals surface area contributed by atoms with Crippen LogP contribution in [0.1, 0.15) is 79.1 Å². The van der Waals surface area contributed by atoms with Crippen LogP contribution in [0.2, 0.25) is 0 Å². The number of carbonyl (C=O) groups excluding carboxylic acids is 2. The topological polar surface area (TPSA) is 71.1 Å². The summed E-state index contributed by atoms with van der Waals surface area (Å²) in [6, 6.07) is 24.5. The van der Waals surface area contributed by atoms with E-state index in [0.29, 0.717) is 35.5 Å². The number of esters is 2. The molecule has 2 atom stereocenters. The summed E-state index contributed by atoms with van der Waals surface area (Å²) in [5.74, 6) is 0.584. The average molecular weight is 683 g/mol. The Morgan fingerprint density at radius 1 is 0.612 bits per heavy atom. The standard InChI is InChI=1S/C42H50O6S/c1-7-9-12-18-31(47-41(43)29(3)4)27-45-39-35-22-16-17-23-36(35)40(46-28-32(19-13-10-8-2)48-42(44)30(5)6)38-26-34(24-25-37(38)39)49-33-20-14-11-15-21-33/h11,14-17,20-26,31-32H,3,5,7-10,12-13,18-19,27-28H2,1-2,4,6H3. The molecular formula is C42H50O6S. The van der Waals surface area contributed by atoms with Crippen molar-refractivity contribution in [3.63, 3.8) is 0 Å². The first-order chi connectivity index (χ1) is 23.7. The second-order valence-electron chi connectivity index (χ2n) is 12.6. The molecule has 4 aromatic carbocycles. The van der Waals surface area contributed by atoms with Gasteiger partial charge in [0.15, 0.2) is 0 Å². The normalized spacial score (nSPS) is 12.3. The maximum Gasteiger partial charge on any atom is 0.333 e. The van der Waals surface area contributed by atoms with Crippen LogP contribution < -0.4 is 9.47 Å². The molecule has 7 heteroatoms. The van der Waals surface area contributed by atoms with Gasteiger partial charge in [0.05, 0.1) is 0 Å². The SMILES string of the molecule is C=C(C)C(=O)OC(CCCCC)COc1c2ccccc2c(OCC(CCCCC)OC(=O)C(=C)C)c2cc(Sc3ccccc3)ccc12. The summed E-state index contributed by atoms with van der Waals surface area (Å²) in [4.78, 5) is 27.3. The van der Waals surface area contributed by atoms with E-state index >= 15 is 0 Å². The van der Waals surface area contributed by atoms with Crippen molar-refractivity contribution in [1.82, 2.24) is 0 Å². The van der Waals surface area contributed by atoms with Gasteiger partial charge in [0.25, 0.3) is 0 Å². The van der Waals surface area contributed by atoms with Gasteiger partial charge < -0.3 is 18.9 Å². The third-order valence-electron chi connectivity index (χ3n) is 8.21. The van der Waals surface area contributed by atoms with Gasteiger partial charge in [0.2, 0.25) is 0 Å². The van der Waals surface area contributed by atoms with Gasteiger partial charge in [-0.05, 0) is 69.9 Å². The first kappa shape index (κ1) is 37.6. The second kappa shape index (κ2) is 19.1. The van der Waals surface area contributed by atoms with Gasteiger partial charge >= 0.3 is 11.9 Å². The number of benzene rings is 4. The highest BCUT2D eigenvalue weighted by Gasteiger charge is 2.22. The molecule has 2 unspecified atom stereocenters. The number of hydrogen-bond acceptors (Lipinski definition) is 7. The summed E-state index contributed by atoms with van der Waals surface area (Å²) in [5.41, 5.74) is 0.727. The Morgan fingerprint density at radius 2 is 1.08 bits per heavy atom. The number of rotatable bonds is 20. The van der Waals surface area contributed by atoms with Crippen molar-refractivity contribution < 1.29 is 28.5 Å². The Morgan fingerprint density at radius 3 is 1.57 bits per heavy atom. The molecule has 0 aliphatic heterocycles. The maximum atomic E-state index is 12.6. The van der Waals surface area contributed by atoms with Gasteiger partial charge in [-0.1, -0.05) is 107 Å². The van der Waals surface area contributed by atoms with E-state index in [9.17, 15) is 9.59 Å². The lowest BCUT2D eigenvalue weighted by molar-refractivity contribution is -0.147. The van der Waals surface area contributed by atoms with E-state index in [2.05, 4.69) is 57.3 Å². The average Bonchev–Trinajstić information content (AvgIpc) is 3.09. The third-order valence-corrected chi connectivity index (χ3v) is 9.20. The molecule has 6 nitrogen and oxygen atoms in total.